The van der Waals surface area contributed by atoms with Gasteiger partial charge in [-0.2, -0.15) is 0 Å². The number of nitrogens with one attached hydrogen (secondary N) is 2. The SMILES string of the molecule is Cc1cccc(C)c1NC(=O)CNC(=O)CN(C)C(C)c1ccc(F)cc1. The molecule has 27 heavy (non-hydrogen) atoms. The minimum atomic E-state index is -0.291. The minimum Gasteiger partial charge on any atom is -0.346 e. The molecule has 1 atom stereocenters. The number of rotatable bonds is 7. The largest absolute Gasteiger partial charge is 0.346 e. The number of hydrogen-bond donors (Lipinski definition) is 2. The molecule has 0 saturated carbocycles. The first kappa shape index (κ1) is 20.6. The Bertz CT molecular complexity index is 785. The van der Waals surface area contributed by atoms with Crippen LogP contribution in [-0.2, 0) is 9.59 Å². The van der Waals surface area contributed by atoms with Crippen LogP contribution in [0.5, 0.6) is 0 Å². The predicted octanol–water partition coefficient (Wildman–Crippen LogP) is 3.19. The number of carbonyl (C=O) groups is 2. The zero-order chi connectivity index (χ0) is 20.0. The molecular weight excluding hydrogens is 345 g/mol. The Morgan fingerprint density at radius 1 is 1.04 bits per heavy atom. The molecule has 0 aromatic heterocycles. The van der Waals surface area contributed by atoms with Gasteiger partial charge in [-0.15, -0.1) is 0 Å². The van der Waals surface area contributed by atoms with Gasteiger partial charge in [0.25, 0.3) is 0 Å². The summed E-state index contributed by atoms with van der Waals surface area (Å²) >= 11 is 0. The first-order chi connectivity index (χ1) is 12.8. The fourth-order valence-electron chi connectivity index (χ4n) is 2.79. The van der Waals surface area contributed by atoms with Crippen LogP contribution in [0.3, 0.4) is 0 Å². The van der Waals surface area contributed by atoms with Gasteiger partial charge in [0.15, 0.2) is 0 Å². The molecule has 2 rings (SSSR count). The smallest absolute Gasteiger partial charge is 0.243 e. The summed E-state index contributed by atoms with van der Waals surface area (Å²) < 4.78 is 13.0. The monoisotopic (exact) mass is 371 g/mol. The van der Waals surface area contributed by atoms with Gasteiger partial charge in [-0.25, -0.2) is 4.39 Å². The van der Waals surface area contributed by atoms with Crippen molar-refractivity contribution in [1.29, 1.82) is 0 Å². The molecule has 0 heterocycles. The number of carbonyl (C=O) groups excluding carboxylic acids is 2. The Labute approximate surface area is 159 Å². The lowest BCUT2D eigenvalue weighted by Gasteiger charge is -2.24. The summed E-state index contributed by atoms with van der Waals surface area (Å²) in [6.07, 6.45) is 0. The van der Waals surface area contributed by atoms with E-state index in [0.29, 0.717) is 0 Å². The highest BCUT2D eigenvalue weighted by atomic mass is 19.1. The van der Waals surface area contributed by atoms with Crippen LogP contribution >= 0.6 is 0 Å². The Hall–Kier alpha value is -2.73. The van der Waals surface area contributed by atoms with Gasteiger partial charge in [-0.3, -0.25) is 14.5 Å². The fourth-order valence-corrected chi connectivity index (χ4v) is 2.79. The van der Waals surface area contributed by atoms with E-state index in [2.05, 4.69) is 10.6 Å². The second-order valence-electron chi connectivity index (χ2n) is 6.73. The van der Waals surface area contributed by atoms with Gasteiger partial charge < -0.3 is 10.6 Å². The average Bonchev–Trinajstić information content (AvgIpc) is 2.63. The third kappa shape index (κ3) is 5.89. The van der Waals surface area contributed by atoms with E-state index in [9.17, 15) is 14.0 Å². The van der Waals surface area contributed by atoms with E-state index in [1.807, 2.05) is 50.9 Å². The normalized spacial score (nSPS) is 11.9. The van der Waals surface area contributed by atoms with Crippen molar-refractivity contribution in [3.05, 3.63) is 65.0 Å². The predicted molar refractivity (Wildman–Crippen MR) is 105 cm³/mol. The molecule has 1 unspecified atom stereocenters. The van der Waals surface area contributed by atoms with Gasteiger partial charge in [0.2, 0.25) is 11.8 Å². The summed E-state index contributed by atoms with van der Waals surface area (Å²) in [7, 11) is 1.81. The number of halogens is 1. The molecule has 0 radical (unpaired) electrons. The molecule has 0 aliphatic carbocycles. The van der Waals surface area contributed by atoms with E-state index >= 15 is 0 Å². The van der Waals surface area contributed by atoms with Gasteiger partial charge in [0.1, 0.15) is 5.82 Å². The highest BCUT2D eigenvalue weighted by Gasteiger charge is 2.16. The molecule has 144 valence electrons. The maximum atomic E-state index is 13.0. The van der Waals surface area contributed by atoms with Crippen molar-refractivity contribution in [2.45, 2.75) is 26.8 Å². The third-order valence-electron chi connectivity index (χ3n) is 4.60. The highest BCUT2D eigenvalue weighted by Crippen LogP contribution is 2.19. The standard InChI is InChI=1S/C21H26FN3O2/c1-14-6-5-7-15(2)21(14)24-19(26)12-23-20(27)13-25(4)16(3)17-8-10-18(22)11-9-17/h5-11,16H,12-13H2,1-4H3,(H,23,27)(H,24,26). The minimum absolute atomic E-state index is 0.0557. The lowest BCUT2D eigenvalue weighted by atomic mass is 10.1. The number of para-hydroxylation sites is 1. The molecule has 2 N–H and O–H groups in total. The first-order valence-electron chi connectivity index (χ1n) is 8.86. The van der Waals surface area contributed by atoms with Crippen molar-refractivity contribution in [3.63, 3.8) is 0 Å². The molecule has 6 heteroatoms. The second kappa shape index (κ2) is 9.28. The van der Waals surface area contributed by atoms with Crippen molar-refractivity contribution >= 4 is 17.5 Å². The Morgan fingerprint density at radius 2 is 1.63 bits per heavy atom. The van der Waals surface area contributed by atoms with E-state index in [0.717, 1.165) is 22.4 Å². The van der Waals surface area contributed by atoms with Gasteiger partial charge in [0.05, 0.1) is 13.1 Å². The van der Waals surface area contributed by atoms with Crippen LogP contribution in [-0.4, -0.2) is 36.9 Å². The van der Waals surface area contributed by atoms with Crippen LogP contribution in [0.2, 0.25) is 0 Å². The average molecular weight is 371 g/mol. The zero-order valence-corrected chi connectivity index (χ0v) is 16.2. The number of nitrogens with zero attached hydrogens (tertiary/aromatic N) is 1. The molecule has 2 aromatic carbocycles. The first-order valence-corrected chi connectivity index (χ1v) is 8.86. The van der Waals surface area contributed by atoms with Crippen LogP contribution in [0.1, 0.15) is 29.7 Å². The van der Waals surface area contributed by atoms with Crippen LogP contribution in [0.15, 0.2) is 42.5 Å². The van der Waals surface area contributed by atoms with Crippen LogP contribution in [0.4, 0.5) is 10.1 Å². The third-order valence-corrected chi connectivity index (χ3v) is 4.60. The second-order valence-corrected chi connectivity index (χ2v) is 6.73. The Balaban J connectivity index is 1.83. The number of benzene rings is 2. The van der Waals surface area contributed by atoms with Crippen molar-refractivity contribution in [3.8, 4) is 0 Å². The molecule has 0 spiro atoms. The molecule has 5 nitrogen and oxygen atoms in total. The van der Waals surface area contributed by atoms with Gasteiger partial charge in [-0.1, -0.05) is 30.3 Å². The number of hydrogen-bond acceptors (Lipinski definition) is 3. The van der Waals surface area contributed by atoms with Crippen molar-refractivity contribution in [2.24, 2.45) is 0 Å². The summed E-state index contributed by atoms with van der Waals surface area (Å²) in [5.74, 6) is -0.806. The maximum absolute atomic E-state index is 13.0. The van der Waals surface area contributed by atoms with E-state index < -0.39 is 0 Å². The quantitative estimate of drug-likeness (QED) is 0.786. The summed E-state index contributed by atoms with van der Waals surface area (Å²) in [6.45, 7) is 5.83. The van der Waals surface area contributed by atoms with Gasteiger partial charge >= 0.3 is 0 Å². The van der Waals surface area contributed by atoms with E-state index in [-0.39, 0.29) is 36.8 Å². The van der Waals surface area contributed by atoms with E-state index in [4.69, 9.17) is 0 Å². The maximum Gasteiger partial charge on any atom is 0.243 e. The number of aryl methyl sites for hydroxylation is 2. The van der Waals surface area contributed by atoms with Gasteiger partial charge in [-0.05, 0) is 56.6 Å². The summed E-state index contributed by atoms with van der Waals surface area (Å²) in [5.41, 5.74) is 3.64. The molecule has 2 amide bonds. The number of amides is 2. The van der Waals surface area contributed by atoms with Crippen molar-refractivity contribution in [1.82, 2.24) is 10.2 Å². The van der Waals surface area contributed by atoms with Gasteiger partial charge in [0, 0.05) is 11.7 Å². The van der Waals surface area contributed by atoms with Crippen LogP contribution in [0.25, 0.3) is 0 Å². The van der Waals surface area contributed by atoms with Crippen LogP contribution < -0.4 is 10.6 Å². The molecule has 0 aliphatic rings. The molecule has 0 saturated heterocycles. The van der Waals surface area contributed by atoms with Crippen LogP contribution in [0, 0.1) is 19.7 Å². The molecule has 0 aliphatic heterocycles. The lowest BCUT2D eigenvalue weighted by Crippen LogP contribution is -2.40. The molecular formula is C21H26FN3O2. The molecule has 0 bridgehead atoms. The Morgan fingerprint density at radius 3 is 2.22 bits per heavy atom. The summed E-state index contributed by atoms with van der Waals surface area (Å²) in [4.78, 5) is 26.1. The lowest BCUT2D eigenvalue weighted by molar-refractivity contribution is -0.125. The van der Waals surface area contributed by atoms with E-state index in [1.54, 1.807) is 12.1 Å². The van der Waals surface area contributed by atoms with Crippen molar-refractivity contribution < 1.29 is 14.0 Å². The fraction of sp³-hybridized carbons (Fsp3) is 0.333. The zero-order valence-electron chi connectivity index (χ0n) is 16.2. The van der Waals surface area contributed by atoms with Crippen molar-refractivity contribution in [2.75, 3.05) is 25.5 Å². The summed E-state index contributed by atoms with van der Waals surface area (Å²) in [5, 5.41) is 5.47. The molecule has 0 fully saturated rings. The number of likely N-dealkylation sites (N-methyl/N-ethyl adjacent to an activating group) is 1. The highest BCUT2D eigenvalue weighted by molar-refractivity contribution is 5.95. The Kier molecular flexibility index (Phi) is 7.07. The number of anilines is 1. The topological polar surface area (TPSA) is 61.4 Å². The van der Waals surface area contributed by atoms with E-state index in [1.165, 1.54) is 12.1 Å². The summed E-state index contributed by atoms with van der Waals surface area (Å²) in [6, 6.07) is 11.9. The molecule has 2 aromatic rings.